The molecular formula is C9H14O2. The molecule has 2 aliphatic heterocycles. The predicted octanol–water partition coefficient (Wildman–Crippen LogP) is 1.49. The largest absolute Gasteiger partial charge is 0.367 e. The summed E-state index contributed by atoms with van der Waals surface area (Å²) in [4.78, 5) is 0. The SMILES string of the molecule is CCCCC12CC3OC3C1O2. The van der Waals surface area contributed by atoms with E-state index in [2.05, 4.69) is 6.92 Å². The van der Waals surface area contributed by atoms with Gasteiger partial charge in [0.05, 0.1) is 6.10 Å². The van der Waals surface area contributed by atoms with Gasteiger partial charge in [0.2, 0.25) is 0 Å². The van der Waals surface area contributed by atoms with E-state index in [9.17, 15) is 0 Å². The second kappa shape index (κ2) is 1.80. The molecule has 0 spiro atoms. The Balaban J connectivity index is 1.63. The third-order valence-corrected chi connectivity index (χ3v) is 3.24. The van der Waals surface area contributed by atoms with Crippen molar-refractivity contribution < 1.29 is 9.47 Å². The van der Waals surface area contributed by atoms with Crippen molar-refractivity contribution in [2.75, 3.05) is 0 Å². The molecule has 0 amide bonds. The van der Waals surface area contributed by atoms with Crippen LogP contribution in [0.3, 0.4) is 0 Å². The van der Waals surface area contributed by atoms with E-state index in [1.165, 1.54) is 25.7 Å². The Bertz CT molecular complexity index is 192. The summed E-state index contributed by atoms with van der Waals surface area (Å²) in [6.07, 6.45) is 6.65. The van der Waals surface area contributed by atoms with Crippen molar-refractivity contribution in [2.24, 2.45) is 0 Å². The van der Waals surface area contributed by atoms with E-state index >= 15 is 0 Å². The van der Waals surface area contributed by atoms with Crippen LogP contribution in [0.1, 0.15) is 32.6 Å². The van der Waals surface area contributed by atoms with E-state index in [0.717, 1.165) is 0 Å². The molecule has 0 bridgehead atoms. The standard InChI is InChI=1S/C9H14O2/c1-2-3-4-9-5-6-7(10-6)8(9)11-9/h6-8H,2-5H2,1H3. The number of unbranched alkanes of at least 4 members (excludes halogenated alkanes) is 1. The number of rotatable bonds is 3. The number of fused-ring (bicyclic) bond motifs is 3. The van der Waals surface area contributed by atoms with Crippen LogP contribution in [0, 0.1) is 0 Å². The topological polar surface area (TPSA) is 25.1 Å². The highest BCUT2D eigenvalue weighted by molar-refractivity contribution is 5.22. The highest BCUT2D eigenvalue weighted by Gasteiger charge is 2.74. The van der Waals surface area contributed by atoms with Crippen LogP contribution < -0.4 is 0 Å². The van der Waals surface area contributed by atoms with Crippen LogP contribution in [0.4, 0.5) is 0 Å². The van der Waals surface area contributed by atoms with Gasteiger partial charge in [-0.2, -0.15) is 0 Å². The molecule has 2 heteroatoms. The molecule has 0 aromatic heterocycles. The van der Waals surface area contributed by atoms with E-state index < -0.39 is 0 Å². The molecule has 1 saturated carbocycles. The van der Waals surface area contributed by atoms with Gasteiger partial charge in [0, 0.05) is 6.42 Å². The normalized spacial score (nSPS) is 57.0. The van der Waals surface area contributed by atoms with Crippen molar-refractivity contribution in [3.63, 3.8) is 0 Å². The van der Waals surface area contributed by atoms with Crippen LogP contribution >= 0.6 is 0 Å². The zero-order valence-corrected chi connectivity index (χ0v) is 6.88. The lowest BCUT2D eigenvalue weighted by atomic mass is 9.99. The van der Waals surface area contributed by atoms with Gasteiger partial charge in [0.1, 0.15) is 17.8 Å². The molecule has 4 atom stereocenters. The van der Waals surface area contributed by atoms with Crippen LogP contribution in [0.5, 0.6) is 0 Å². The van der Waals surface area contributed by atoms with Gasteiger partial charge >= 0.3 is 0 Å². The summed E-state index contributed by atoms with van der Waals surface area (Å²) in [7, 11) is 0. The summed E-state index contributed by atoms with van der Waals surface area (Å²) in [6, 6.07) is 0. The maximum absolute atomic E-state index is 5.67. The molecule has 0 radical (unpaired) electrons. The average Bonchev–Trinajstić information content (AvgIpc) is 2.87. The fourth-order valence-corrected chi connectivity index (χ4v) is 2.46. The van der Waals surface area contributed by atoms with Crippen molar-refractivity contribution in [1.29, 1.82) is 0 Å². The summed E-state index contributed by atoms with van der Waals surface area (Å²) < 4.78 is 11.1. The van der Waals surface area contributed by atoms with Gasteiger partial charge in [-0.15, -0.1) is 0 Å². The van der Waals surface area contributed by atoms with Gasteiger partial charge < -0.3 is 9.47 Å². The van der Waals surface area contributed by atoms with Gasteiger partial charge in [0.15, 0.2) is 0 Å². The second-order valence-corrected chi connectivity index (χ2v) is 4.05. The van der Waals surface area contributed by atoms with Crippen molar-refractivity contribution >= 4 is 0 Å². The minimum Gasteiger partial charge on any atom is -0.367 e. The fraction of sp³-hybridized carbons (Fsp3) is 1.00. The monoisotopic (exact) mass is 154 g/mol. The van der Waals surface area contributed by atoms with Crippen LogP contribution in [0.2, 0.25) is 0 Å². The Morgan fingerprint density at radius 2 is 2.45 bits per heavy atom. The summed E-state index contributed by atoms with van der Waals surface area (Å²) in [5.74, 6) is 0. The lowest BCUT2D eigenvalue weighted by Gasteiger charge is -2.06. The third kappa shape index (κ3) is 0.744. The van der Waals surface area contributed by atoms with Gasteiger partial charge in [-0.3, -0.25) is 0 Å². The minimum absolute atomic E-state index is 0.309. The first kappa shape index (κ1) is 6.44. The summed E-state index contributed by atoms with van der Waals surface area (Å²) in [6.45, 7) is 2.24. The second-order valence-electron chi connectivity index (χ2n) is 4.05. The molecule has 0 N–H and O–H groups in total. The first-order valence-corrected chi connectivity index (χ1v) is 4.69. The number of ether oxygens (including phenoxy) is 2. The molecule has 3 rings (SSSR count). The van der Waals surface area contributed by atoms with Gasteiger partial charge in [-0.1, -0.05) is 19.8 Å². The molecule has 62 valence electrons. The van der Waals surface area contributed by atoms with Crippen LogP contribution in [0.25, 0.3) is 0 Å². The maximum Gasteiger partial charge on any atom is 0.116 e. The Morgan fingerprint density at radius 1 is 1.55 bits per heavy atom. The third-order valence-electron chi connectivity index (χ3n) is 3.24. The lowest BCUT2D eigenvalue weighted by molar-refractivity contribution is 0.244. The highest BCUT2D eigenvalue weighted by atomic mass is 16.7. The Hall–Kier alpha value is -0.0800. The molecule has 1 aliphatic carbocycles. The molecule has 2 nitrogen and oxygen atoms in total. The molecule has 11 heavy (non-hydrogen) atoms. The molecule has 2 saturated heterocycles. The quantitative estimate of drug-likeness (QED) is 0.575. The van der Waals surface area contributed by atoms with Crippen molar-refractivity contribution in [2.45, 2.75) is 56.5 Å². The zero-order valence-electron chi connectivity index (χ0n) is 6.88. The Kier molecular flexibility index (Phi) is 1.06. The van der Waals surface area contributed by atoms with E-state index in [1.54, 1.807) is 0 Å². The summed E-state index contributed by atoms with van der Waals surface area (Å²) >= 11 is 0. The highest BCUT2D eigenvalue weighted by Crippen LogP contribution is 2.61. The molecular weight excluding hydrogens is 140 g/mol. The van der Waals surface area contributed by atoms with E-state index in [-0.39, 0.29) is 0 Å². The molecule has 4 unspecified atom stereocenters. The fourth-order valence-electron chi connectivity index (χ4n) is 2.46. The maximum atomic E-state index is 5.67. The summed E-state index contributed by atoms with van der Waals surface area (Å²) in [5.41, 5.74) is 0.309. The van der Waals surface area contributed by atoms with E-state index in [0.29, 0.717) is 23.9 Å². The van der Waals surface area contributed by atoms with Gasteiger partial charge in [0.25, 0.3) is 0 Å². The molecule has 0 aromatic carbocycles. The van der Waals surface area contributed by atoms with Crippen LogP contribution in [-0.2, 0) is 9.47 Å². The van der Waals surface area contributed by atoms with Crippen molar-refractivity contribution in [3.8, 4) is 0 Å². The summed E-state index contributed by atoms with van der Waals surface area (Å²) in [5, 5.41) is 0. The number of epoxide rings is 2. The smallest absolute Gasteiger partial charge is 0.116 e. The number of hydrogen-bond donors (Lipinski definition) is 0. The average molecular weight is 154 g/mol. The molecule has 3 aliphatic rings. The predicted molar refractivity (Wildman–Crippen MR) is 40.4 cm³/mol. The van der Waals surface area contributed by atoms with Gasteiger partial charge in [-0.25, -0.2) is 0 Å². The van der Waals surface area contributed by atoms with Crippen LogP contribution in [-0.4, -0.2) is 23.9 Å². The zero-order chi connectivity index (χ0) is 7.47. The molecule has 2 heterocycles. The van der Waals surface area contributed by atoms with Crippen LogP contribution in [0.15, 0.2) is 0 Å². The number of hydrogen-bond acceptors (Lipinski definition) is 2. The Morgan fingerprint density at radius 3 is 3.09 bits per heavy atom. The van der Waals surface area contributed by atoms with Crippen molar-refractivity contribution in [3.05, 3.63) is 0 Å². The Labute approximate surface area is 66.9 Å². The first-order chi connectivity index (χ1) is 5.36. The van der Waals surface area contributed by atoms with E-state index in [4.69, 9.17) is 9.47 Å². The van der Waals surface area contributed by atoms with E-state index in [1.807, 2.05) is 0 Å². The first-order valence-electron chi connectivity index (χ1n) is 4.69. The molecule has 3 fully saturated rings. The van der Waals surface area contributed by atoms with Gasteiger partial charge in [-0.05, 0) is 6.42 Å². The van der Waals surface area contributed by atoms with Crippen molar-refractivity contribution in [1.82, 2.24) is 0 Å². The molecule has 0 aromatic rings. The minimum atomic E-state index is 0.309. The lowest BCUT2D eigenvalue weighted by Crippen LogP contribution is -2.13.